The van der Waals surface area contributed by atoms with Gasteiger partial charge in [0.05, 0.1) is 6.04 Å². The second-order valence-corrected chi connectivity index (χ2v) is 8.29. The molecule has 4 heteroatoms. The third-order valence-electron chi connectivity index (χ3n) is 5.39. The van der Waals surface area contributed by atoms with Crippen LogP contribution in [0.3, 0.4) is 0 Å². The maximum atomic E-state index is 12.8. The summed E-state index contributed by atoms with van der Waals surface area (Å²) in [4.78, 5) is 25.5. The molecular weight excluding hydrogens is 324 g/mol. The maximum Gasteiger partial charge on any atom is 0.243 e. The van der Waals surface area contributed by atoms with Crippen molar-refractivity contribution in [3.05, 3.63) is 35.9 Å². The van der Waals surface area contributed by atoms with E-state index in [0.29, 0.717) is 18.3 Å². The Kier molecular flexibility index (Phi) is 7.67. The summed E-state index contributed by atoms with van der Waals surface area (Å²) in [7, 11) is 0. The van der Waals surface area contributed by atoms with E-state index < -0.39 is 6.04 Å². The van der Waals surface area contributed by atoms with E-state index in [0.717, 1.165) is 31.2 Å². The highest BCUT2D eigenvalue weighted by Crippen LogP contribution is 2.28. The smallest absolute Gasteiger partial charge is 0.243 e. The third kappa shape index (κ3) is 6.15. The van der Waals surface area contributed by atoms with Crippen molar-refractivity contribution in [3.63, 3.8) is 0 Å². The fourth-order valence-electron chi connectivity index (χ4n) is 3.65. The lowest BCUT2D eigenvalue weighted by atomic mass is 9.82. The molecule has 0 heterocycles. The summed E-state index contributed by atoms with van der Waals surface area (Å²) in [6.45, 7) is 8.38. The molecule has 2 rings (SSSR count). The van der Waals surface area contributed by atoms with Gasteiger partial charge in [0.2, 0.25) is 11.8 Å². The van der Waals surface area contributed by atoms with Crippen molar-refractivity contribution in [2.75, 3.05) is 0 Å². The molecule has 1 aromatic rings. The Hall–Kier alpha value is -1.84. The molecule has 26 heavy (non-hydrogen) atoms. The lowest BCUT2D eigenvalue weighted by Gasteiger charge is -2.28. The number of hydrogen-bond donors (Lipinski definition) is 2. The monoisotopic (exact) mass is 358 g/mol. The van der Waals surface area contributed by atoms with Gasteiger partial charge in [-0.1, -0.05) is 51.1 Å². The largest absolute Gasteiger partial charge is 0.348 e. The average Bonchev–Trinajstić information content (AvgIpc) is 2.62. The van der Waals surface area contributed by atoms with Gasteiger partial charge in [-0.15, -0.1) is 0 Å². The van der Waals surface area contributed by atoms with E-state index in [-0.39, 0.29) is 23.8 Å². The van der Waals surface area contributed by atoms with Gasteiger partial charge in [0.25, 0.3) is 0 Å². The Balaban J connectivity index is 1.96. The normalized spacial score (nSPS) is 22.5. The van der Waals surface area contributed by atoms with Crippen LogP contribution in [0.15, 0.2) is 30.3 Å². The van der Waals surface area contributed by atoms with E-state index in [1.165, 1.54) is 0 Å². The summed E-state index contributed by atoms with van der Waals surface area (Å²) in [6, 6.07) is 9.36. The van der Waals surface area contributed by atoms with Crippen LogP contribution >= 0.6 is 0 Å². The highest BCUT2D eigenvalue weighted by atomic mass is 16.2. The van der Waals surface area contributed by atoms with Gasteiger partial charge in [-0.25, -0.2) is 0 Å². The molecule has 2 atom stereocenters. The van der Waals surface area contributed by atoms with Crippen LogP contribution < -0.4 is 10.6 Å². The number of amides is 2. The number of carbonyl (C=O) groups is 2. The summed E-state index contributed by atoms with van der Waals surface area (Å²) in [5.74, 6) is 1.06. The predicted molar refractivity (Wildman–Crippen MR) is 106 cm³/mol. The molecule has 0 unspecified atom stereocenters. The third-order valence-corrected chi connectivity index (χ3v) is 5.39. The predicted octanol–water partition coefficient (Wildman–Crippen LogP) is 4.22. The zero-order valence-corrected chi connectivity index (χ0v) is 16.6. The number of carbonyl (C=O) groups excluding carboxylic acids is 2. The number of rotatable bonds is 7. The molecule has 2 amide bonds. The van der Waals surface area contributed by atoms with Crippen molar-refractivity contribution in [2.24, 2.45) is 17.8 Å². The summed E-state index contributed by atoms with van der Waals surface area (Å²) < 4.78 is 0. The van der Waals surface area contributed by atoms with Crippen molar-refractivity contribution in [2.45, 2.75) is 71.9 Å². The zero-order valence-electron chi connectivity index (χ0n) is 16.6. The summed E-state index contributed by atoms with van der Waals surface area (Å²) in [5, 5.41) is 6.10. The van der Waals surface area contributed by atoms with E-state index >= 15 is 0 Å². The van der Waals surface area contributed by atoms with Crippen LogP contribution in [0.2, 0.25) is 0 Å². The van der Waals surface area contributed by atoms with Crippen molar-refractivity contribution in [3.8, 4) is 0 Å². The first-order valence-electron chi connectivity index (χ1n) is 10.0. The molecule has 0 bridgehead atoms. The van der Waals surface area contributed by atoms with Gasteiger partial charge in [-0.2, -0.15) is 0 Å². The van der Waals surface area contributed by atoms with Crippen LogP contribution in [0.5, 0.6) is 0 Å². The van der Waals surface area contributed by atoms with Crippen LogP contribution in [0.1, 0.15) is 71.4 Å². The maximum absolute atomic E-state index is 12.8. The van der Waals surface area contributed by atoms with Crippen LogP contribution in [-0.2, 0) is 9.59 Å². The molecule has 1 fully saturated rings. The van der Waals surface area contributed by atoms with Gasteiger partial charge in [0.15, 0.2) is 0 Å². The van der Waals surface area contributed by atoms with Gasteiger partial charge in [-0.05, 0) is 56.4 Å². The SMILES string of the molecule is CC(C)C[C@H](NC(=O)C1CCC(C)CC1)C(=O)N[C@@H](C)c1ccccc1. The van der Waals surface area contributed by atoms with E-state index in [4.69, 9.17) is 0 Å². The molecule has 0 spiro atoms. The Labute approximate surface area is 158 Å². The number of benzene rings is 1. The first-order chi connectivity index (χ1) is 12.4. The molecule has 0 aromatic heterocycles. The Morgan fingerprint density at radius 2 is 1.62 bits per heavy atom. The molecule has 1 aliphatic rings. The molecule has 144 valence electrons. The summed E-state index contributed by atoms with van der Waals surface area (Å²) in [6.07, 6.45) is 4.73. The topological polar surface area (TPSA) is 58.2 Å². The average molecular weight is 359 g/mol. The van der Waals surface area contributed by atoms with Gasteiger partial charge in [-0.3, -0.25) is 9.59 Å². The summed E-state index contributed by atoms with van der Waals surface area (Å²) in [5.41, 5.74) is 1.07. The van der Waals surface area contributed by atoms with Crippen LogP contribution in [0.25, 0.3) is 0 Å². The van der Waals surface area contributed by atoms with Crippen molar-refractivity contribution >= 4 is 11.8 Å². The fourth-order valence-corrected chi connectivity index (χ4v) is 3.65. The van der Waals surface area contributed by atoms with E-state index in [2.05, 4.69) is 31.4 Å². The molecule has 0 aliphatic heterocycles. The zero-order chi connectivity index (χ0) is 19.1. The van der Waals surface area contributed by atoms with Crippen LogP contribution in [0.4, 0.5) is 0 Å². The molecule has 1 aliphatic carbocycles. The number of nitrogens with one attached hydrogen (secondary N) is 2. The molecular formula is C22H34N2O2. The Morgan fingerprint density at radius 3 is 2.19 bits per heavy atom. The second-order valence-electron chi connectivity index (χ2n) is 8.29. The van der Waals surface area contributed by atoms with Gasteiger partial charge in [0, 0.05) is 5.92 Å². The number of hydrogen-bond acceptors (Lipinski definition) is 2. The molecule has 0 saturated heterocycles. The lowest BCUT2D eigenvalue weighted by Crippen LogP contribution is -2.49. The lowest BCUT2D eigenvalue weighted by molar-refractivity contribution is -0.132. The standard InChI is InChI=1S/C22H34N2O2/c1-15(2)14-20(24-21(25)19-12-10-16(3)11-13-19)22(26)23-17(4)18-8-6-5-7-9-18/h5-9,15-17,19-20H,10-14H2,1-4H3,(H,23,26)(H,24,25)/t16?,17-,19?,20-/m0/s1. The Bertz CT molecular complexity index is 577. The molecule has 0 radical (unpaired) electrons. The summed E-state index contributed by atoms with van der Waals surface area (Å²) >= 11 is 0. The minimum atomic E-state index is -0.465. The van der Waals surface area contributed by atoms with Gasteiger partial charge >= 0.3 is 0 Å². The van der Waals surface area contributed by atoms with E-state index in [1.807, 2.05) is 37.3 Å². The first-order valence-corrected chi connectivity index (χ1v) is 10.0. The highest BCUT2D eigenvalue weighted by molar-refractivity contribution is 5.88. The molecule has 1 saturated carbocycles. The molecule has 2 N–H and O–H groups in total. The molecule has 1 aromatic carbocycles. The van der Waals surface area contributed by atoms with Crippen molar-refractivity contribution < 1.29 is 9.59 Å². The minimum absolute atomic E-state index is 0.0464. The van der Waals surface area contributed by atoms with Gasteiger partial charge < -0.3 is 10.6 Å². The fraction of sp³-hybridized carbons (Fsp3) is 0.636. The van der Waals surface area contributed by atoms with E-state index in [9.17, 15) is 9.59 Å². The Morgan fingerprint density at radius 1 is 1.00 bits per heavy atom. The van der Waals surface area contributed by atoms with Crippen LogP contribution in [0, 0.1) is 17.8 Å². The van der Waals surface area contributed by atoms with Crippen molar-refractivity contribution in [1.82, 2.24) is 10.6 Å². The van der Waals surface area contributed by atoms with Gasteiger partial charge in [0.1, 0.15) is 6.04 Å². The minimum Gasteiger partial charge on any atom is -0.348 e. The highest BCUT2D eigenvalue weighted by Gasteiger charge is 2.29. The van der Waals surface area contributed by atoms with Crippen molar-refractivity contribution in [1.29, 1.82) is 0 Å². The molecule has 4 nitrogen and oxygen atoms in total. The van der Waals surface area contributed by atoms with E-state index in [1.54, 1.807) is 0 Å². The first kappa shape index (κ1) is 20.5. The second kappa shape index (κ2) is 9.75. The quantitative estimate of drug-likeness (QED) is 0.767. The van der Waals surface area contributed by atoms with Crippen LogP contribution in [-0.4, -0.2) is 17.9 Å².